The summed E-state index contributed by atoms with van der Waals surface area (Å²) in [6, 6.07) is 8.84. The van der Waals surface area contributed by atoms with Crippen LogP contribution in [0, 0.1) is 0 Å². The number of hydrogen-bond donors (Lipinski definition) is 1. The monoisotopic (exact) mass is 356 g/mol. The number of nitrogens with zero attached hydrogens (tertiary/aromatic N) is 3. The molecular weight excluding hydrogens is 336 g/mol. The molecule has 1 N–H and O–H groups in total. The first kappa shape index (κ1) is 17.3. The van der Waals surface area contributed by atoms with E-state index < -0.39 is 10.0 Å². The Morgan fingerprint density at radius 3 is 2.44 bits per heavy atom. The third kappa shape index (κ3) is 4.12. The lowest BCUT2D eigenvalue weighted by atomic mass is 10.1. The molecule has 3 rings (SSSR count). The van der Waals surface area contributed by atoms with Crippen molar-refractivity contribution in [2.45, 2.75) is 24.8 Å². The molecule has 2 heterocycles. The Hall–Kier alpha value is -2.51. The van der Waals surface area contributed by atoms with Crippen molar-refractivity contribution in [2.75, 3.05) is 0 Å². The summed E-state index contributed by atoms with van der Waals surface area (Å²) in [6.07, 6.45) is 7.90. The topological polar surface area (TPSA) is 76.9 Å². The molecule has 130 valence electrons. The first-order valence-corrected chi connectivity index (χ1v) is 9.48. The second kappa shape index (κ2) is 7.16. The van der Waals surface area contributed by atoms with Crippen LogP contribution in [0.15, 0.2) is 60.0 Å². The zero-order valence-corrected chi connectivity index (χ0v) is 15.0. The Morgan fingerprint density at radius 2 is 1.80 bits per heavy atom. The third-order valence-electron chi connectivity index (χ3n) is 3.94. The van der Waals surface area contributed by atoms with Gasteiger partial charge in [0.25, 0.3) is 0 Å². The zero-order valence-electron chi connectivity index (χ0n) is 14.2. The van der Waals surface area contributed by atoms with E-state index in [9.17, 15) is 8.42 Å². The van der Waals surface area contributed by atoms with Gasteiger partial charge in [-0.15, -0.1) is 0 Å². The lowest BCUT2D eigenvalue weighted by molar-refractivity contribution is 0.581. The number of aromatic nitrogens is 3. The quantitative estimate of drug-likeness (QED) is 0.736. The van der Waals surface area contributed by atoms with Gasteiger partial charge in [0.1, 0.15) is 0 Å². The molecule has 0 unspecified atom stereocenters. The molecule has 0 fully saturated rings. The Kier molecular flexibility index (Phi) is 4.96. The minimum absolute atomic E-state index is 0.180. The zero-order chi connectivity index (χ0) is 17.9. The first-order chi connectivity index (χ1) is 12.0. The van der Waals surface area contributed by atoms with Crippen LogP contribution >= 0.6 is 0 Å². The van der Waals surface area contributed by atoms with E-state index in [1.165, 1.54) is 0 Å². The van der Waals surface area contributed by atoms with E-state index in [0.717, 1.165) is 28.7 Å². The molecule has 0 aliphatic carbocycles. The van der Waals surface area contributed by atoms with Crippen LogP contribution in [-0.4, -0.2) is 23.2 Å². The molecule has 0 spiro atoms. The second-order valence-electron chi connectivity index (χ2n) is 5.81. The predicted molar refractivity (Wildman–Crippen MR) is 96.3 cm³/mol. The number of benzene rings is 1. The fourth-order valence-corrected chi connectivity index (χ4v) is 3.50. The predicted octanol–water partition coefficient (Wildman–Crippen LogP) is 2.52. The molecule has 0 atom stereocenters. The van der Waals surface area contributed by atoms with Crippen LogP contribution in [0.4, 0.5) is 0 Å². The Bertz CT molecular complexity index is 963. The van der Waals surface area contributed by atoms with Gasteiger partial charge >= 0.3 is 0 Å². The number of sulfonamides is 1. The van der Waals surface area contributed by atoms with Crippen molar-refractivity contribution < 1.29 is 8.42 Å². The molecule has 0 aliphatic rings. The van der Waals surface area contributed by atoms with Crippen LogP contribution in [0.25, 0.3) is 11.1 Å². The van der Waals surface area contributed by atoms with Crippen LogP contribution in [0.2, 0.25) is 0 Å². The SMILES string of the molecule is CCc1ccc(S(=O)(=O)NCc2cncc(-c3cnn(C)c3)c2)cc1. The van der Waals surface area contributed by atoms with E-state index >= 15 is 0 Å². The first-order valence-electron chi connectivity index (χ1n) is 7.99. The van der Waals surface area contributed by atoms with Gasteiger partial charge in [-0.25, -0.2) is 13.1 Å². The van der Waals surface area contributed by atoms with E-state index in [1.54, 1.807) is 35.4 Å². The van der Waals surface area contributed by atoms with Gasteiger partial charge in [-0.3, -0.25) is 9.67 Å². The summed E-state index contributed by atoms with van der Waals surface area (Å²) in [5.74, 6) is 0. The minimum Gasteiger partial charge on any atom is -0.275 e. The van der Waals surface area contributed by atoms with Gasteiger partial charge in [0, 0.05) is 43.3 Å². The van der Waals surface area contributed by atoms with E-state index in [0.29, 0.717) is 0 Å². The summed E-state index contributed by atoms with van der Waals surface area (Å²) in [4.78, 5) is 4.46. The normalized spacial score (nSPS) is 11.6. The fraction of sp³-hybridized carbons (Fsp3) is 0.222. The Labute approximate surface area is 147 Å². The Morgan fingerprint density at radius 1 is 1.04 bits per heavy atom. The van der Waals surface area contributed by atoms with Crippen molar-refractivity contribution in [1.29, 1.82) is 0 Å². The number of aryl methyl sites for hydroxylation is 2. The molecule has 0 saturated carbocycles. The highest BCUT2D eigenvalue weighted by Crippen LogP contribution is 2.18. The van der Waals surface area contributed by atoms with Gasteiger partial charge in [-0.1, -0.05) is 19.1 Å². The summed E-state index contributed by atoms with van der Waals surface area (Å²) < 4.78 is 29.2. The summed E-state index contributed by atoms with van der Waals surface area (Å²) in [7, 11) is -1.71. The number of pyridine rings is 1. The van der Waals surface area contributed by atoms with Crippen molar-refractivity contribution in [3.05, 3.63) is 66.2 Å². The molecule has 1 aromatic carbocycles. The number of hydrogen-bond acceptors (Lipinski definition) is 4. The molecule has 7 heteroatoms. The summed E-state index contributed by atoms with van der Waals surface area (Å²) >= 11 is 0. The van der Waals surface area contributed by atoms with Gasteiger partial charge in [0.2, 0.25) is 10.0 Å². The molecule has 0 bridgehead atoms. The molecule has 0 radical (unpaired) electrons. The van der Waals surface area contributed by atoms with Crippen LogP contribution in [0.1, 0.15) is 18.1 Å². The van der Waals surface area contributed by atoms with Crippen molar-refractivity contribution in [3.8, 4) is 11.1 Å². The summed E-state index contributed by atoms with van der Waals surface area (Å²) in [6.45, 7) is 2.21. The number of rotatable bonds is 6. The molecule has 6 nitrogen and oxygen atoms in total. The van der Waals surface area contributed by atoms with Crippen LogP contribution in [-0.2, 0) is 30.0 Å². The highest BCUT2D eigenvalue weighted by molar-refractivity contribution is 7.89. The lowest BCUT2D eigenvalue weighted by Gasteiger charge is -2.08. The maximum Gasteiger partial charge on any atom is 0.240 e. The largest absolute Gasteiger partial charge is 0.275 e. The van der Waals surface area contributed by atoms with Crippen molar-refractivity contribution >= 4 is 10.0 Å². The van der Waals surface area contributed by atoms with Gasteiger partial charge in [-0.05, 0) is 35.7 Å². The minimum atomic E-state index is -3.55. The van der Waals surface area contributed by atoms with Crippen molar-refractivity contribution in [3.63, 3.8) is 0 Å². The average Bonchev–Trinajstić information content (AvgIpc) is 3.07. The molecule has 0 aliphatic heterocycles. The number of nitrogens with one attached hydrogen (secondary N) is 1. The lowest BCUT2D eigenvalue weighted by Crippen LogP contribution is -2.23. The van der Waals surface area contributed by atoms with Crippen LogP contribution in [0.3, 0.4) is 0 Å². The average molecular weight is 356 g/mol. The molecule has 2 aromatic heterocycles. The molecular formula is C18H20N4O2S. The standard InChI is InChI=1S/C18H20N4O2S/c1-3-14-4-6-18(7-5-14)25(23,24)21-10-15-8-16(11-19-9-15)17-12-20-22(2)13-17/h4-9,11-13,21H,3,10H2,1-2H3. The third-order valence-corrected chi connectivity index (χ3v) is 5.36. The van der Waals surface area contributed by atoms with Crippen molar-refractivity contribution in [2.24, 2.45) is 7.05 Å². The second-order valence-corrected chi connectivity index (χ2v) is 7.57. The molecule has 25 heavy (non-hydrogen) atoms. The van der Waals surface area contributed by atoms with Gasteiger partial charge < -0.3 is 0 Å². The van der Waals surface area contributed by atoms with E-state index in [2.05, 4.69) is 14.8 Å². The molecule has 0 saturated heterocycles. The van der Waals surface area contributed by atoms with Crippen LogP contribution in [0.5, 0.6) is 0 Å². The van der Waals surface area contributed by atoms with Gasteiger partial charge in [-0.2, -0.15) is 5.10 Å². The van der Waals surface area contributed by atoms with Crippen LogP contribution < -0.4 is 4.72 Å². The highest BCUT2D eigenvalue weighted by Gasteiger charge is 2.13. The van der Waals surface area contributed by atoms with Crippen molar-refractivity contribution in [1.82, 2.24) is 19.5 Å². The maximum absolute atomic E-state index is 12.4. The summed E-state index contributed by atoms with van der Waals surface area (Å²) in [5.41, 5.74) is 3.73. The Balaban J connectivity index is 1.74. The molecule has 3 aromatic rings. The molecule has 0 amide bonds. The summed E-state index contributed by atoms with van der Waals surface area (Å²) in [5, 5.41) is 4.14. The van der Waals surface area contributed by atoms with E-state index in [-0.39, 0.29) is 11.4 Å². The highest BCUT2D eigenvalue weighted by atomic mass is 32.2. The fourth-order valence-electron chi connectivity index (χ4n) is 2.48. The van der Waals surface area contributed by atoms with E-state index in [4.69, 9.17) is 0 Å². The smallest absolute Gasteiger partial charge is 0.240 e. The van der Waals surface area contributed by atoms with Gasteiger partial charge in [0.05, 0.1) is 11.1 Å². The maximum atomic E-state index is 12.4. The van der Waals surface area contributed by atoms with Gasteiger partial charge in [0.15, 0.2) is 0 Å². The van der Waals surface area contributed by atoms with E-state index in [1.807, 2.05) is 38.4 Å².